The molecule has 0 saturated carbocycles. The second-order valence-electron chi connectivity index (χ2n) is 7.80. The summed E-state index contributed by atoms with van der Waals surface area (Å²) in [5.74, 6) is -3.14. The van der Waals surface area contributed by atoms with Crippen LogP contribution in [0.4, 0.5) is 13.2 Å². The van der Waals surface area contributed by atoms with Gasteiger partial charge >= 0.3 is 12.1 Å². The van der Waals surface area contributed by atoms with Gasteiger partial charge in [-0.1, -0.05) is 23.7 Å². The van der Waals surface area contributed by atoms with Crippen LogP contribution in [0.5, 0.6) is 23.0 Å². The number of hydrogen-bond donors (Lipinski definition) is 0. The Balaban J connectivity index is 1.64. The lowest BCUT2D eigenvalue weighted by Gasteiger charge is -2.15. The number of esters is 1. The first-order valence-corrected chi connectivity index (χ1v) is 11.0. The molecule has 0 aliphatic carbocycles. The van der Waals surface area contributed by atoms with Crippen LogP contribution >= 0.6 is 11.6 Å². The minimum atomic E-state index is -5.03. The molecular weight excluding hydrogens is 501 g/mol. The van der Waals surface area contributed by atoms with Crippen molar-refractivity contribution in [1.29, 1.82) is 0 Å². The Hall–Kier alpha value is -3.98. The molecule has 4 aromatic rings. The molecule has 10 heteroatoms. The zero-order chi connectivity index (χ0) is 26.0. The Morgan fingerprint density at radius 2 is 1.67 bits per heavy atom. The highest BCUT2D eigenvalue weighted by atomic mass is 35.5. The van der Waals surface area contributed by atoms with Gasteiger partial charge in [-0.3, -0.25) is 4.79 Å². The van der Waals surface area contributed by atoms with Crippen LogP contribution in [0.1, 0.15) is 18.2 Å². The van der Waals surface area contributed by atoms with Gasteiger partial charge in [0.05, 0.1) is 5.39 Å². The first-order valence-electron chi connectivity index (χ1n) is 10.6. The molecule has 0 aliphatic rings. The van der Waals surface area contributed by atoms with Gasteiger partial charge in [-0.2, -0.15) is 13.2 Å². The quantitative estimate of drug-likeness (QED) is 0.203. The van der Waals surface area contributed by atoms with Crippen molar-refractivity contribution >= 4 is 28.5 Å². The number of alkyl halides is 3. The molecule has 0 radical (unpaired) electrons. The van der Waals surface area contributed by atoms with Crippen molar-refractivity contribution in [2.24, 2.45) is 0 Å². The van der Waals surface area contributed by atoms with Crippen LogP contribution in [-0.4, -0.2) is 12.1 Å². The number of fused-ring (bicyclic) bond motifs is 1. The summed E-state index contributed by atoms with van der Waals surface area (Å²) in [7, 11) is 0. The monoisotopic (exact) mass is 518 g/mol. The molecule has 36 heavy (non-hydrogen) atoms. The van der Waals surface area contributed by atoms with Crippen molar-refractivity contribution in [3.05, 3.63) is 93.3 Å². The molecule has 6 nitrogen and oxygen atoms in total. The molecule has 186 valence electrons. The molecule has 3 aromatic carbocycles. The number of benzene rings is 3. The van der Waals surface area contributed by atoms with Gasteiger partial charge in [-0.25, -0.2) is 4.79 Å². The van der Waals surface area contributed by atoms with Crippen molar-refractivity contribution in [1.82, 2.24) is 0 Å². The minimum absolute atomic E-state index is 0.0485. The predicted molar refractivity (Wildman–Crippen MR) is 126 cm³/mol. The molecule has 0 amide bonds. The SMILES string of the molecule is Cc1cccc(Oc2c(C(F)(F)F)oc3cc(OC(=O)C(C)Oc4ccc(Cl)cc4)ccc3c2=O)c1. The van der Waals surface area contributed by atoms with Crippen LogP contribution in [0.3, 0.4) is 0 Å². The van der Waals surface area contributed by atoms with Gasteiger partial charge in [-0.05, 0) is 67.9 Å². The Morgan fingerprint density at radius 1 is 0.972 bits per heavy atom. The van der Waals surface area contributed by atoms with E-state index in [9.17, 15) is 22.8 Å². The van der Waals surface area contributed by atoms with Crippen LogP contribution in [0.2, 0.25) is 5.02 Å². The summed E-state index contributed by atoms with van der Waals surface area (Å²) in [4.78, 5) is 25.4. The van der Waals surface area contributed by atoms with Crippen molar-refractivity contribution < 1.29 is 36.6 Å². The smallest absolute Gasteiger partial charge is 0.453 e. The Bertz CT molecular complexity index is 1480. The number of ether oxygens (including phenoxy) is 3. The molecule has 0 fully saturated rings. The average molecular weight is 519 g/mol. The summed E-state index contributed by atoms with van der Waals surface area (Å²) >= 11 is 5.82. The lowest BCUT2D eigenvalue weighted by molar-refractivity contribution is -0.154. The number of carbonyl (C=O) groups is 1. The zero-order valence-electron chi connectivity index (χ0n) is 18.9. The van der Waals surface area contributed by atoms with Gasteiger partial charge in [0.25, 0.3) is 5.76 Å². The molecule has 1 aromatic heterocycles. The molecule has 0 N–H and O–H groups in total. The molecule has 0 bridgehead atoms. The van der Waals surface area contributed by atoms with E-state index in [2.05, 4.69) is 0 Å². The average Bonchev–Trinajstić information content (AvgIpc) is 2.81. The largest absolute Gasteiger partial charge is 0.479 e. The number of aryl methyl sites for hydroxylation is 1. The summed E-state index contributed by atoms with van der Waals surface area (Å²) in [6.07, 6.45) is -6.08. The number of rotatable bonds is 6. The molecule has 0 spiro atoms. The maximum Gasteiger partial charge on any atom is 0.453 e. The fourth-order valence-corrected chi connectivity index (χ4v) is 3.39. The van der Waals surface area contributed by atoms with Gasteiger partial charge in [-0.15, -0.1) is 0 Å². The van der Waals surface area contributed by atoms with Crippen molar-refractivity contribution in [2.75, 3.05) is 0 Å². The van der Waals surface area contributed by atoms with E-state index in [-0.39, 0.29) is 16.9 Å². The van der Waals surface area contributed by atoms with E-state index in [1.165, 1.54) is 31.2 Å². The summed E-state index contributed by atoms with van der Waals surface area (Å²) in [6, 6.07) is 16.0. The predicted octanol–water partition coefficient (Wildman–Crippen LogP) is 6.94. The van der Waals surface area contributed by atoms with Gasteiger partial charge in [0, 0.05) is 11.1 Å². The Labute approximate surface area is 207 Å². The third kappa shape index (κ3) is 5.63. The van der Waals surface area contributed by atoms with E-state index in [1.807, 2.05) is 0 Å². The molecule has 4 rings (SSSR count). The van der Waals surface area contributed by atoms with Crippen LogP contribution in [0, 0.1) is 6.92 Å². The molecule has 1 heterocycles. The summed E-state index contributed by atoms with van der Waals surface area (Å²) in [5.41, 5.74) is -0.727. The minimum Gasteiger partial charge on any atom is -0.479 e. The number of hydrogen-bond acceptors (Lipinski definition) is 6. The summed E-state index contributed by atoms with van der Waals surface area (Å²) in [5, 5.41) is 0.303. The van der Waals surface area contributed by atoms with Gasteiger partial charge in [0.15, 0.2) is 6.10 Å². The van der Waals surface area contributed by atoms with E-state index >= 15 is 0 Å². The van der Waals surface area contributed by atoms with Gasteiger partial charge in [0.2, 0.25) is 11.2 Å². The number of carbonyl (C=O) groups excluding carboxylic acids is 1. The first kappa shape index (κ1) is 25.1. The highest BCUT2D eigenvalue weighted by Gasteiger charge is 2.40. The van der Waals surface area contributed by atoms with Crippen LogP contribution in [0.15, 0.2) is 75.9 Å². The van der Waals surface area contributed by atoms with Crippen LogP contribution in [0.25, 0.3) is 11.0 Å². The normalized spacial score (nSPS) is 12.3. The highest BCUT2D eigenvalue weighted by Crippen LogP contribution is 2.38. The van der Waals surface area contributed by atoms with Gasteiger partial charge < -0.3 is 18.6 Å². The molecule has 1 unspecified atom stereocenters. The summed E-state index contributed by atoms with van der Waals surface area (Å²) < 4.78 is 62.3. The van der Waals surface area contributed by atoms with Crippen molar-refractivity contribution in [3.63, 3.8) is 0 Å². The Kier molecular flexibility index (Phi) is 6.94. The second kappa shape index (κ2) is 9.94. The topological polar surface area (TPSA) is 75.0 Å². The zero-order valence-corrected chi connectivity index (χ0v) is 19.6. The van der Waals surface area contributed by atoms with Crippen LogP contribution < -0.4 is 19.6 Å². The van der Waals surface area contributed by atoms with Crippen molar-refractivity contribution in [3.8, 4) is 23.0 Å². The third-order valence-electron chi connectivity index (χ3n) is 4.97. The maximum absolute atomic E-state index is 13.8. The molecule has 0 saturated heterocycles. The fraction of sp³-hybridized carbons (Fsp3) is 0.154. The fourth-order valence-electron chi connectivity index (χ4n) is 3.26. The van der Waals surface area contributed by atoms with E-state index in [4.69, 9.17) is 30.2 Å². The standard InChI is InChI=1S/C26H18ClF3O6/c1-14-4-3-5-18(12-14)34-23-22(31)20-11-10-19(13-21(20)36-24(23)26(28,29)30)35-25(32)15(2)33-17-8-6-16(27)7-9-17/h3-13,15H,1-2H3. The number of halogens is 4. The van der Waals surface area contributed by atoms with Gasteiger partial charge in [0.1, 0.15) is 22.8 Å². The molecule has 1 atom stereocenters. The first-order chi connectivity index (χ1) is 17.0. The summed E-state index contributed by atoms with van der Waals surface area (Å²) in [6.45, 7) is 3.17. The molecular formula is C26H18ClF3O6. The lowest BCUT2D eigenvalue weighted by Crippen LogP contribution is -2.28. The van der Waals surface area contributed by atoms with E-state index in [0.29, 0.717) is 10.8 Å². The van der Waals surface area contributed by atoms with E-state index < -0.39 is 40.8 Å². The molecule has 0 aliphatic heterocycles. The second-order valence-corrected chi connectivity index (χ2v) is 8.24. The maximum atomic E-state index is 13.8. The van der Waals surface area contributed by atoms with E-state index in [1.54, 1.807) is 43.3 Å². The Morgan fingerprint density at radius 3 is 2.33 bits per heavy atom. The van der Waals surface area contributed by atoms with Crippen molar-refractivity contribution in [2.45, 2.75) is 26.1 Å². The lowest BCUT2D eigenvalue weighted by atomic mass is 10.2. The third-order valence-corrected chi connectivity index (χ3v) is 5.22. The van der Waals surface area contributed by atoms with E-state index in [0.717, 1.165) is 11.6 Å². The van der Waals surface area contributed by atoms with Crippen LogP contribution in [-0.2, 0) is 11.0 Å². The highest BCUT2D eigenvalue weighted by molar-refractivity contribution is 6.30.